The summed E-state index contributed by atoms with van der Waals surface area (Å²) in [5, 5.41) is 0. The molecule has 1 aliphatic heterocycles. The van der Waals surface area contributed by atoms with E-state index >= 15 is 0 Å². The Morgan fingerprint density at radius 2 is 1.56 bits per heavy atom. The highest BCUT2D eigenvalue weighted by Crippen LogP contribution is 2.22. The number of carbonyl (C=O) groups excluding carboxylic acids is 1. The number of hydrogen-bond acceptors (Lipinski definition) is 5. The Morgan fingerprint density at radius 3 is 2.22 bits per heavy atom. The standard InChI is InChI=1S/C24H26N4O3S/c1-18-3-4-19(2)23(17-18)32(30,31)26-21-7-5-20(6-8-21)24(29)28-15-13-27(14-16-28)22-9-11-25-12-10-22/h3-12,17,26H,13-16H2,1-2H3. The third-order valence-corrected chi connectivity index (χ3v) is 7.14. The number of carbonyl (C=O) groups is 1. The van der Waals surface area contributed by atoms with Gasteiger partial charge in [-0.1, -0.05) is 12.1 Å². The molecule has 1 aromatic heterocycles. The zero-order chi connectivity index (χ0) is 22.7. The predicted octanol–water partition coefficient (Wildman–Crippen LogP) is 3.46. The van der Waals surface area contributed by atoms with Gasteiger partial charge in [0.25, 0.3) is 15.9 Å². The molecule has 0 atom stereocenters. The summed E-state index contributed by atoms with van der Waals surface area (Å²) < 4.78 is 28.2. The summed E-state index contributed by atoms with van der Waals surface area (Å²) in [6.07, 6.45) is 3.53. The molecule has 0 aliphatic carbocycles. The maximum atomic E-state index is 12.9. The molecule has 1 fully saturated rings. The second-order valence-corrected chi connectivity index (χ2v) is 9.59. The van der Waals surface area contributed by atoms with E-state index in [4.69, 9.17) is 0 Å². The number of hydrogen-bond donors (Lipinski definition) is 1. The van der Waals surface area contributed by atoms with Gasteiger partial charge in [-0.05, 0) is 67.4 Å². The second kappa shape index (κ2) is 9.00. The minimum Gasteiger partial charge on any atom is -0.368 e. The lowest BCUT2D eigenvalue weighted by molar-refractivity contribution is 0.0747. The van der Waals surface area contributed by atoms with Gasteiger partial charge in [0.15, 0.2) is 0 Å². The molecule has 0 saturated carbocycles. The molecule has 32 heavy (non-hydrogen) atoms. The Bertz CT molecular complexity index is 1200. The molecule has 8 heteroatoms. The van der Waals surface area contributed by atoms with Crippen LogP contribution >= 0.6 is 0 Å². The van der Waals surface area contributed by atoms with E-state index in [9.17, 15) is 13.2 Å². The SMILES string of the molecule is Cc1ccc(C)c(S(=O)(=O)Nc2ccc(C(=O)N3CCN(c4ccncc4)CC3)cc2)c1. The van der Waals surface area contributed by atoms with E-state index in [0.717, 1.165) is 24.3 Å². The van der Waals surface area contributed by atoms with Gasteiger partial charge in [0.2, 0.25) is 0 Å². The van der Waals surface area contributed by atoms with Gasteiger partial charge in [-0.25, -0.2) is 8.42 Å². The van der Waals surface area contributed by atoms with Crippen molar-refractivity contribution in [3.63, 3.8) is 0 Å². The number of sulfonamides is 1. The van der Waals surface area contributed by atoms with Crippen molar-refractivity contribution < 1.29 is 13.2 Å². The zero-order valence-corrected chi connectivity index (χ0v) is 19.0. The number of aryl methyl sites for hydroxylation is 2. The molecule has 2 aromatic carbocycles. The molecule has 1 saturated heterocycles. The van der Waals surface area contributed by atoms with Gasteiger partial charge < -0.3 is 9.80 Å². The highest BCUT2D eigenvalue weighted by Gasteiger charge is 2.23. The molecule has 4 rings (SSSR count). The van der Waals surface area contributed by atoms with E-state index < -0.39 is 10.0 Å². The van der Waals surface area contributed by atoms with E-state index in [0.29, 0.717) is 29.9 Å². The van der Waals surface area contributed by atoms with Crippen molar-refractivity contribution >= 4 is 27.3 Å². The van der Waals surface area contributed by atoms with Crippen LogP contribution in [0.5, 0.6) is 0 Å². The number of aromatic nitrogens is 1. The maximum Gasteiger partial charge on any atom is 0.262 e. The van der Waals surface area contributed by atoms with E-state index in [2.05, 4.69) is 14.6 Å². The van der Waals surface area contributed by atoms with Crippen LogP contribution in [0.15, 0.2) is 71.9 Å². The molecule has 0 bridgehead atoms. The minimum absolute atomic E-state index is 0.0525. The number of nitrogens with zero attached hydrogens (tertiary/aromatic N) is 3. The molecular weight excluding hydrogens is 424 g/mol. The molecule has 1 N–H and O–H groups in total. The van der Waals surface area contributed by atoms with Crippen LogP contribution in [-0.2, 0) is 10.0 Å². The first-order valence-corrected chi connectivity index (χ1v) is 12.0. The number of rotatable bonds is 5. The first-order chi connectivity index (χ1) is 15.3. The van der Waals surface area contributed by atoms with Gasteiger partial charge in [0, 0.05) is 55.5 Å². The van der Waals surface area contributed by atoms with Crippen LogP contribution in [0.2, 0.25) is 0 Å². The van der Waals surface area contributed by atoms with Gasteiger partial charge >= 0.3 is 0 Å². The predicted molar refractivity (Wildman–Crippen MR) is 126 cm³/mol. The average Bonchev–Trinajstić information content (AvgIpc) is 2.81. The molecule has 0 spiro atoms. The minimum atomic E-state index is -3.71. The van der Waals surface area contributed by atoms with Crippen LogP contribution in [-0.4, -0.2) is 50.4 Å². The number of pyridine rings is 1. The van der Waals surface area contributed by atoms with E-state index in [1.54, 1.807) is 55.7 Å². The molecule has 7 nitrogen and oxygen atoms in total. The second-order valence-electron chi connectivity index (χ2n) is 7.94. The zero-order valence-electron chi connectivity index (χ0n) is 18.2. The van der Waals surface area contributed by atoms with Crippen LogP contribution in [0.1, 0.15) is 21.5 Å². The topological polar surface area (TPSA) is 82.6 Å². The summed E-state index contributed by atoms with van der Waals surface area (Å²) >= 11 is 0. The Labute approximate surface area is 188 Å². The summed E-state index contributed by atoms with van der Waals surface area (Å²) in [6, 6.07) is 15.8. The Hall–Kier alpha value is -3.39. The van der Waals surface area contributed by atoms with Gasteiger partial charge in [0.05, 0.1) is 4.90 Å². The number of benzene rings is 2. The van der Waals surface area contributed by atoms with E-state index in [1.807, 2.05) is 30.0 Å². The Balaban J connectivity index is 1.40. The van der Waals surface area contributed by atoms with Crippen LogP contribution < -0.4 is 9.62 Å². The average molecular weight is 451 g/mol. The summed E-state index contributed by atoms with van der Waals surface area (Å²) in [6.45, 7) is 6.39. The first-order valence-electron chi connectivity index (χ1n) is 10.5. The van der Waals surface area contributed by atoms with Crippen molar-refractivity contribution in [1.82, 2.24) is 9.88 Å². The lowest BCUT2D eigenvalue weighted by Crippen LogP contribution is -2.48. The van der Waals surface area contributed by atoms with Crippen molar-refractivity contribution in [2.75, 3.05) is 35.8 Å². The van der Waals surface area contributed by atoms with Crippen LogP contribution in [0.4, 0.5) is 11.4 Å². The van der Waals surface area contributed by atoms with Gasteiger partial charge in [-0.3, -0.25) is 14.5 Å². The molecule has 3 aromatic rings. The Kier molecular flexibility index (Phi) is 6.14. The molecule has 166 valence electrons. The van der Waals surface area contributed by atoms with E-state index in [-0.39, 0.29) is 10.8 Å². The Morgan fingerprint density at radius 1 is 0.906 bits per heavy atom. The fourth-order valence-corrected chi connectivity index (χ4v) is 5.18. The van der Waals surface area contributed by atoms with Gasteiger partial charge in [0.1, 0.15) is 0 Å². The van der Waals surface area contributed by atoms with Crippen molar-refractivity contribution in [2.24, 2.45) is 0 Å². The third-order valence-electron chi connectivity index (χ3n) is 5.61. The molecule has 1 aliphatic rings. The lowest BCUT2D eigenvalue weighted by Gasteiger charge is -2.36. The van der Waals surface area contributed by atoms with Gasteiger partial charge in [-0.15, -0.1) is 0 Å². The van der Waals surface area contributed by atoms with Crippen molar-refractivity contribution in [3.05, 3.63) is 83.7 Å². The quantitative estimate of drug-likeness (QED) is 0.644. The molecule has 0 radical (unpaired) electrons. The normalized spacial score (nSPS) is 14.3. The highest BCUT2D eigenvalue weighted by molar-refractivity contribution is 7.92. The smallest absolute Gasteiger partial charge is 0.262 e. The summed E-state index contributed by atoms with van der Waals surface area (Å²) in [5.74, 6) is -0.0525. The fourth-order valence-electron chi connectivity index (χ4n) is 3.79. The van der Waals surface area contributed by atoms with Crippen molar-refractivity contribution in [3.8, 4) is 0 Å². The molecule has 1 amide bonds. The largest absolute Gasteiger partial charge is 0.368 e. The number of nitrogens with one attached hydrogen (secondary N) is 1. The summed E-state index contributed by atoms with van der Waals surface area (Å²) in [7, 11) is -3.71. The number of anilines is 2. The van der Waals surface area contributed by atoms with Crippen molar-refractivity contribution in [1.29, 1.82) is 0 Å². The van der Waals surface area contributed by atoms with Crippen LogP contribution in [0.25, 0.3) is 0 Å². The van der Waals surface area contributed by atoms with Gasteiger partial charge in [-0.2, -0.15) is 0 Å². The summed E-state index contributed by atoms with van der Waals surface area (Å²) in [4.78, 5) is 21.3. The van der Waals surface area contributed by atoms with Crippen LogP contribution in [0.3, 0.4) is 0 Å². The maximum absolute atomic E-state index is 12.9. The fraction of sp³-hybridized carbons (Fsp3) is 0.250. The van der Waals surface area contributed by atoms with E-state index in [1.165, 1.54) is 0 Å². The monoisotopic (exact) mass is 450 g/mol. The van der Waals surface area contributed by atoms with Crippen molar-refractivity contribution in [2.45, 2.75) is 18.7 Å². The lowest BCUT2D eigenvalue weighted by atomic mass is 10.1. The summed E-state index contributed by atoms with van der Waals surface area (Å²) in [5.41, 5.74) is 3.62. The van der Waals surface area contributed by atoms with Crippen LogP contribution in [0, 0.1) is 13.8 Å². The first kappa shape index (κ1) is 21.8. The number of piperazine rings is 1. The molecule has 2 heterocycles. The molecular formula is C24H26N4O3S. The third kappa shape index (κ3) is 4.75. The molecule has 0 unspecified atom stereocenters. The number of amides is 1. The highest BCUT2D eigenvalue weighted by atomic mass is 32.2.